The summed E-state index contributed by atoms with van der Waals surface area (Å²) >= 11 is 0. The molecule has 1 rings (SSSR count). The van der Waals surface area contributed by atoms with Crippen LogP contribution in [0.2, 0.25) is 0 Å². The zero-order valence-corrected chi connectivity index (χ0v) is 10.9. The second-order valence-electron chi connectivity index (χ2n) is 4.14. The molecule has 0 aromatic carbocycles. The first-order valence-corrected chi connectivity index (χ1v) is 8.80. The summed E-state index contributed by atoms with van der Waals surface area (Å²) in [6.45, 7) is 0.405. The Kier molecular flexibility index (Phi) is 4.33. The molecule has 16 heavy (non-hydrogen) atoms. The summed E-state index contributed by atoms with van der Waals surface area (Å²) in [6, 6.07) is -0.0599. The van der Waals surface area contributed by atoms with E-state index >= 15 is 0 Å². The molecule has 1 aliphatic rings. The van der Waals surface area contributed by atoms with Crippen molar-refractivity contribution in [1.82, 2.24) is 4.31 Å². The Balaban J connectivity index is 2.83. The smallest absolute Gasteiger partial charge is 0.228 e. The number of rotatable bonds is 6. The predicted molar refractivity (Wildman–Crippen MR) is 62.0 cm³/mol. The maximum Gasteiger partial charge on any atom is 0.228 e. The summed E-state index contributed by atoms with van der Waals surface area (Å²) in [5, 5.41) is -0.823. The predicted octanol–water partition coefficient (Wildman–Crippen LogP) is -0.868. The Bertz CT molecular complexity index is 425. The Labute approximate surface area is 96.8 Å². The molecule has 1 saturated carbocycles. The summed E-state index contributed by atoms with van der Waals surface area (Å²) in [5.41, 5.74) is 5.35. The van der Waals surface area contributed by atoms with Gasteiger partial charge in [0.1, 0.15) is 0 Å². The van der Waals surface area contributed by atoms with Gasteiger partial charge in [0.2, 0.25) is 10.0 Å². The second kappa shape index (κ2) is 4.99. The molecular weight excluding hydrogens is 252 g/mol. The Morgan fingerprint density at radius 1 is 1.25 bits per heavy atom. The zero-order chi connectivity index (χ0) is 12.4. The van der Waals surface area contributed by atoms with Crippen molar-refractivity contribution in [3.63, 3.8) is 0 Å². The topological polar surface area (TPSA) is 97.5 Å². The van der Waals surface area contributed by atoms with E-state index < -0.39 is 24.9 Å². The summed E-state index contributed by atoms with van der Waals surface area (Å²) in [7, 11) is -7.27. The van der Waals surface area contributed by atoms with E-state index in [0.717, 1.165) is 25.5 Å². The first kappa shape index (κ1) is 13.9. The molecule has 0 bridgehead atoms. The van der Waals surface area contributed by atoms with Crippen LogP contribution in [0.1, 0.15) is 19.3 Å². The van der Waals surface area contributed by atoms with Crippen LogP contribution in [-0.2, 0) is 19.9 Å². The zero-order valence-electron chi connectivity index (χ0n) is 9.29. The van der Waals surface area contributed by atoms with Crippen LogP contribution >= 0.6 is 0 Å². The minimum atomic E-state index is -3.74. The average Bonchev–Trinajstić information content (AvgIpc) is 1.95. The first-order valence-electron chi connectivity index (χ1n) is 5.13. The molecule has 96 valence electrons. The molecule has 0 heterocycles. The molecule has 0 unspecified atom stereocenters. The van der Waals surface area contributed by atoms with Crippen LogP contribution in [0.3, 0.4) is 0 Å². The second-order valence-corrected chi connectivity index (χ2v) is 8.57. The molecule has 0 aromatic heterocycles. The quantitative estimate of drug-likeness (QED) is 0.676. The van der Waals surface area contributed by atoms with Gasteiger partial charge in [-0.05, 0) is 12.8 Å². The maximum absolute atomic E-state index is 11.9. The van der Waals surface area contributed by atoms with Gasteiger partial charge in [-0.1, -0.05) is 6.42 Å². The lowest BCUT2D eigenvalue weighted by Crippen LogP contribution is -2.48. The standard InChI is InChI=1S/C8H18N2O4S2/c1-15(11,12)7-16(13,14)10(6-5-9)8-3-2-4-8/h8H,2-7,9H2,1H3. The minimum absolute atomic E-state index is 0.0599. The number of nitrogens with two attached hydrogens (primary N) is 1. The molecule has 0 radical (unpaired) electrons. The average molecular weight is 270 g/mol. The van der Waals surface area contributed by atoms with Crippen LogP contribution in [0.15, 0.2) is 0 Å². The van der Waals surface area contributed by atoms with Gasteiger partial charge in [0.15, 0.2) is 14.9 Å². The molecule has 0 spiro atoms. The molecular formula is C8H18N2O4S2. The summed E-state index contributed by atoms with van der Waals surface area (Å²) in [5.74, 6) is 0. The molecule has 8 heteroatoms. The van der Waals surface area contributed by atoms with Crippen molar-refractivity contribution in [2.45, 2.75) is 25.3 Å². The van der Waals surface area contributed by atoms with Crippen molar-refractivity contribution in [3.05, 3.63) is 0 Å². The van der Waals surface area contributed by atoms with E-state index in [1.165, 1.54) is 4.31 Å². The van der Waals surface area contributed by atoms with Crippen LogP contribution in [0.25, 0.3) is 0 Å². The number of sulfone groups is 1. The van der Waals surface area contributed by atoms with Crippen LogP contribution in [0, 0.1) is 0 Å². The highest BCUT2D eigenvalue weighted by Gasteiger charge is 2.34. The fourth-order valence-corrected chi connectivity index (χ4v) is 5.44. The molecule has 6 nitrogen and oxygen atoms in total. The molecule has 2 N–H and O–H groups in total. The lowest BCUT2D eigenvalue weighted by molar-refractivity contribution is 0.224. The van der Waals surface area contributed by atoms with E-state index in [0.29, 0.717) is 0 Å². The van der Waals surface area contributed by atoms with Crippen molar-refractivity contribution in [2.24, 2.45) is 5.73 Å². The Morgan fingerprint density at radius 2 is 1.81 bits per heavy atom. The Hall–Kier alpha value is -0.180. The van der Waals surface area contributed by atoms with Gasteiger partial charge < -0.3 is 5.73 Å². The SMILES string of the molecule is CS(=O)(=O)CS(=O)(=O)N(CCN)C1CCC1. The van der Waals surface area contributed by atoms with Crippen LogP contribution in [-0.4, -0.2) is 51.6 Å². The van der Waals surface area contributed by atoms with Gasteiger partial charge >= 0.3 is 0 Å². The van der Waals surface area contributed by atoms with Gasteiger partial charge in [0.05, 0.1) is 0 Å². The van der Waals surface area contributed by atoms with E-state index in [-0.39, 0.29) is 19.1 Å². The van der Waals surface area contributed by atoms with Gasteiger partial charge in [0, 0.05) is 25.4 Å². The first-order chi connectivity index (χ1) is 7.26. The molecule has 0 atom stereocenters. The normalized spacial score (nSPS) is 18.7. The highest BCUT2D eigenvalue weighted by molar-refractivity contribution is 8.06. The molecule has 1 aliphatic carbocycles. The molecule has 0 saturated heterocycles. The van der Waals surface area contributed by atoms with E-state index in [9.17, 15) is 16.8 Å². The van der Waals surface area contributed by atoms with Crippen LogP contribution in [0.5, 0.6) is 0 Å². The summed E-state index contributed by atoms with van der Waals surface area (Å²) in [4.78, 5) is 0. The van der Waals surface area contributed by atoms with Crippen LogP contribution < -0.4 is 5.73 Å². The van der Waals surface area contributed by atoms with E-state index in [4.69, 9.17) is 5.73 Å². The minimum Gasteiger partial charge on any atom is -0.329 e. The lowest BCUT2D eigenvalue weighted by Gasteiger charge is -2.36. The third-order valence-corrected chi connectivity index (χ3v) is 6.65. The van der Waals surface area contributed by atoms with Gasteiger partial charge in [-0.3, -0.25) is 0 Å². The van der Waals surface area contributed by atoms with Gasteiger partial charge in [-0.25, -0.2) is 16.8 Å². The maximum atomic E-state index is 11.9. The largest absolute Gasteiger partial charge is 0.329 e. The highest BCUT2D eigenvalue weighted by Crippen LogP contribution is 2.27. The third kappa shape index (κ3) is 3.69. The fourth-order valence-electron chi connectivity index (χ4n) is 1.69. The fraction of sp³-hybridized carbons (Fsp3) is 1.00. The molecule has 0 aromatic rings. The molecule has 1 fully saturated rings. The monoisotopic (exact) mass is 270 g/mol. The summed E-state index contributed by atoms with van der Waals surface area (Å²) < 4.78 is 47.1. The number of hydrogen-bond donors (Lipinski definition) is 1. The lowest BCUT2D eigenvalue weighted by atomic mass is 9.93. The van der Waals surface area contributed by atoms with E-state index in [1.54, 1.807) is 0 Å². The van der Waals surface area contributed by atoms with Crippen molar-refractivity contribution >= 4 is 19.9 Å². The van der Waals surface area contributed by atoms with Crippen molar-refractivity contribution in [2.75, 3.05) is 24.4 Å². The highest BCUT2D eigenvalue weighted by atomic mass is 32.3. The van der Waals surface area contributed by atoms with Crippen molar-refractivity contribution in [3.8, 4) is 0 Å². The van der Waals surface area contributed by atoms with Gasteiger partial charge in [-0.2, -0.15) is 4.31 Å². The van der Waals surface area contributed by atoms with Gasteiger partial charge in [0.25, 0.3) is 0 Å². The van der Waals surface area contributed by atoms with Crippen molar-refractivity contribution < 1.29 is 16.8 Å². The van der Waals surface area contributed by atoms with Gasteiger partial charge in [-0.15, -0.1) is 0 Å². The molecule has 0 amide bonds. The number of sulfonamides is 1. The molecule has 0 aliphatic heterocycles. The van der Waals surface area contributed by atoms with Crippen LogP contribution in [0.4, 0.5) is 0 Å². The van der Waals surface area contributed by atoms with Crippen molar-refractivity contribution in [1.29, 1.82) is 0 Å². The number of nitrogens with zero attached hydrogens (tertiary/aromatic N) is 1. The Morgan fingerprint density at radius 3 is 2.12 bits per heavy atom. The van der Waals surface area contributed by atoms with E-state index in [2.05, 4.69) is 0 Å². The summed E-state index contributed by atoms with van der Waals surface area (Å²) in [6.07, 6.45) is 3.50. The third-order valence-electron chi connectivity index (χ3n) is 2.55. The van der Waals surface area contributed by atoms with E-state index in [1.807, 2.05) is 0 Å². The number of hydrogen-bond acceptors (Lipinski definition) is 5.